The van der Waals surface area contributed by atoms with E-state index in [4.69, 9.17) is 0 Å². The lowest BCUT2D eigenvalue weighted by molar-refractivity contribution is 0.354. The average molecular weight is 285 g/mol. The van der Waals surface area contributed by atoms with Gasteiger partial charge in [0, 0.05) is 5.41 Å². The van der Waals surface area contributed by atoms with Crippen LogP contribution in [0.15, 0.2) is 72.8 Å². The topological polar surface area (TPSA) is 19.9 Å². The summed E-state index contributed by atoms with van der Waals surface area (Å²) < 4.78 is 0. The number of benzene rings is 3. The van der Waals surface area contributed by atoms with Crippen LogP contribution in [0, 0.1) is 0 Å². The molecule has 0 aliphatic heterocycles. The Morgan fingerprint density at radius 2 is 1.45 bits per heavy atom. The van der Waals surface area contributed by atoms with Crippen molar-refractivity contribution in [3.63, 3.8) is 0 Å². The number of rotatable bonds is 2. The van der Waals surface area contributed by atoms with E-state index in [9.17, 15) is 5.11 Å². The molecule has 22 heavy (non-hydrogen) atoms. The normalized spacial score (nSPS) is 18.8. The zero-order valence-corrected chi connectivity index (χ0v) is 12.5. The van der Waals surface area contributed by atoms with Crippen molar-refractivity contribution in [2.24, 2.45) is 0 Å². The largest absolute Gasteiger partial charge is 0.290 e. The lowest BCUT2D eigenvalue weighted by atomic mass is 9.70. The van der Waals surface area contributed by atoms with Crippen LogP contribution in [0.2, 0.25) is 0 Å². The maximum absolute atomic E-state index is 12.0. The molecule has 1 nitrogen and oxygen atoms in total. The molecule has 0 heterocycles. The molecule has 0 saturated carbocycles. The van der Waals surface area contributed by atoms with E-state index >= 15 is 0 Å². The first kappa shape index (κ1) is 13.1. The quantitative estimate of drug-likeness (QED) is 0.588. The maximum Gasteiger partial charge on any atom is 0.178 e. The van der Waals surface area contributed by atoms with Gasteiger partial charge in [-0.3, -0.25) is 5.11 Å². The summed E-state index contributed by atoms with van der Waals surface area (Å²) >= 11 is 0. The minimum atomic E-state index is -0.215. The molecule has 0 spiro atoms. The summed E-state index contributed by atoms with van der Waals surface area (Å²) in [5, 5.41) is 12.0. The van der Waals surface area contributed by atoms with Crippen molar-refractivity contribution in [3.05, 3.63) is 89.5 Å². The molecule has 4 rings (SSSR count). The van der Waals surface area contributed by atoms with Gasteiger partial charge in [-0.05, 0) is 46.4 Å². The molecule has 0 saturated heterocycles. The van der Waals surface area contributed by atoms with Gasteiger partial charge in [0.15, 0.2) is 5.75 Å². The second-order valence-corrected chi connectivity index (χ2v) is 5.88. The van der Waals surface area contributed by atoms with Crippen LogP contribution < -0.4 is 0 Å². The van der Waals surface area contributed by atoms with Crippen LogP contribution in [0.4, 0.5) is 0 Å². The Balaban J connectivity index is 2.13. The van der Waals surface area contributed by atoms with E-state index in [-0.39, 0.29) is 11.2 Å². The van der Waals surface area contributed by atoms with E-state index in [0.717, 1.165) is 12.0 Å². The van der Waals surface area contributed by atoms with Crippen molar-refractivity contribution < 1.29 is 5.11 Å². The fraction of sp³-hybridized carbons (Fsp3) is 0.143. The summed E-state index contributed by atoms with van der Waals surface area (Å²) in [5.41, 5.74) is 5.95. The highest BCUT2D eigenvalue weighted by Crippen LogP contribution is 2.54. The third kappa shape index (κ3) is 1.59. The van der Waals surface area contributed by atoms with E-state index in [1.165, 1.54) is 22.3 Å². The SMILES string of the molecule is CCC1(c2ccccc2)c2ccccc2-c2ccc([O])cc21. The molecule has 1 heteroatoms. The van der Waals surface area contributed by atoms with E-state index < -0.39 is 0 Å². The van der Waals surface area contributed by atoms with Crippen LogP contribution in [-0.4, -0.2) is 0 Å². The molecular weight excluding hydrogens is 268 g/mol. The van der Waals surface area contributed by atoms with Crippen molar-refractivity contribution in [1.29, 1.82) is 0 Å². The van der Waals surface area contributed by atoms with Gasteiger partial charge in [0.25, 0.3) is 0 Å². The molecule has 0 N–H and O–H groups in total. The highest BCUT2D eigenvalue weighted by molar-refractivity contribution is 5.83. The molecule has 3 aromatic carbocycles. The van der Waals surface area contributed by atoms with Crippen molar-refractivity contribution in [2.45, 2.75) is 18.8 Å². The Labute approximate surface area is 130 Å². The lowest BCUT2D eigenvalue weighted by Gasteiger charge is -2.31. The minimum absolute atomic E-state index is 0.0836. The van der Waals surface area contributed by atoms with Gasteiger partial charge in [-0.25, -0.2) is 0 Å². The lowest BCUT2D eigenvalue weighted by Crippen LogP contribution is -2.25. The summed E-state index contributed by atoms with van der Waals surface area (Å²) in [7, 11) is 0. The van der Waals surface area contributed by atoms with E-state index in [0.29, 0.717) is 0 Å². The predicted molar refractivity (Wildman–Crippen MR) is 88.6 cm³/mol. The Morgan fingerprint density at radius 1 is 0.773 bits per heavy atom. The van der Waals surface area contributed by atoms with E-state index in [1.807, 2.05) is 18.2 Å². The summed E-state index contributed by atoms with van der Waals surface area (Å²) in [6, 6.07) is 24.6. The van der Waals surface area contributed by atoms with Crippen LogP contribution in [0.3, 0.4) is 0 Å². The molecule has 1 atom stereocenters. The molecule has 1 aliphatic carbocycles. The molecule has 0 amide bonds. The van der Waals surface area contributed by atoms with Gasteiger partial charge in [-0.2, -0.15) is 0 Å². The molecule has 107 valence electrons. The fourth-order valence-corrected chi connectivity index (χ4v) is 3.97. The summed E-state index contributed by atoms with van der Waals surface area (Å²) in [6.45, 7) is 2.20. The molecule has 1 aliphatic rings. The number of fused-ring (bicyclic) bond motifs is 3. The molecule has 3 aromatic rings. The molecule has 0 bridgehead atoms. The molecule has 0 fully saturated rings. The Kier molecular flexibility index (Phi) is 2.83. The van der Waals surface area contributed by atoms with Crippen LogP contribution in [0.5, 0.6) is 5.75 Å². The Morgan fingerprint density at radius 3 is 2.23 bits per heavy atom. The van der Waals surface area contributed by atoms with Crippen LogP contribution in [-0.2, 0) is 10.5 Å². The zero-order chi connectivity index (χ0) is 15.2. The van der Waals surface area contributed by atoms with Crippen molar-refractivity contribution in [2.75, 3.05) is 0 Å². The van der Waals surface area contributed by atoms with Gasteiger partial charge < -0.3 is 0 Å². The van der Waals surface area contributed by atoms with Gasteiger partial charge >= 0.3 is 0 Å². The van der Waals surface area contributed by atoms with Gasteiger partial charge in [0.05, 0.1) is 0 Å². The first-order chi connectivity index (χ1) is 10.8. The van der Waals surface area contributed by atoms with Crippen molar-refractivity contribution >= 4 is 0 Å². The first-order valence-corrected chi connectivity index (χ1v) is 7.74. The third-order valence-electron chi connectivity index (χ3n) is 4.92. The smallest absolute Gasteiger partial charge is 0.178 e. The minimum Gasteiger partial charge on any atom is -0.290 e. The van der Waals surface area contributed by atoms with Crippen LogP contribution in [0.1, 0.15) is 30.0 Å². The maximum atomic E-state index is 12.0. The van der Waals surface area contributed by atoms with Crippen molar-refractivity contribution in [3.8, 4) is 16.9 Å². The molecule has 0 aromatic heterocycles. The first-order valence-electron chi connectivity index (χ1n) is 7.74. The molecular formula is C21H17O. The number of hydrogen-bond acceptors (Lipinski definition) is 0. The van der Waals surface area contributed by atoms with Gasteiger partial charge in [0.2, 0.25) is 0 Å². The second kappa shape index (κ2) is 4.74. The van der Waals surface area contributed by atoms with E-state index in [1.54, 1.807) is 6.07 Å². The summed E-state index contributed by atoms with van der Waals surface area (Å²) in [5.74, 6) is 0.0836. The molecule has 1 radical (unpaired) electrons. The van der Waals surface area contributed by atoms with E-state index in [2.05, 4.69) is 55.5 Å². The van der Waals surface area contributed by atoms with Crippen molar-refractivity contribution in [1.82, 2.24) is 0 Å². The van der Waals surface area contributed by atoms with Gasteiger partial charge in [-0.15, -0.1) is 0 Å². The highest BCUT2D eigenvalue weighted by atomic mass is 16.3. The van der Waals surface area contributed by atoms with Crippen LogP contribution >= 0.6 is 0 Å². The summed E-state index contributed by atoms with van der Waals surface area (Å²) in [6.07, 6.45) is 0.935. The fourth-order valence-electron chi connectivity index (χ4n) is 3.97. The third-order valence-corrected chi connectivity index (χ3v) is 4.92. The second-order valence-electron chi connectivity index (χ2n) is 5.88. The monoisotopic (exact) mass is 285 g/mol. The predicted octanol–water partition coefficient (Wildman–Crippen LogP) is 5.56. The number of hydrogen-bond donors (Lipinski definition) is 0. The van der Waals surface area contributed by atoms with Gasteiger partial charge in [0.1, 0.15) is 0 Å². The Bertz CT molecular complexity index is 836. The van der Waals surface area contributed by atoms with Gasteiger partial charge in [-0.1, -0.05) is 67.6 Å². The highest BCUT2D eigenvalue weighted by Gasteiger charge is 2.43. The van der Waals surface area contributed by atoms with Crippen LogP contribution in [0.25, 0.3) is 11.1 Å². The standard InChI is InChI=1S/C21H17O/c1-2-21(15-8-4-3-5-9-15)19-11-7-6-10-17(19)18-13-12-16(22)14-20(18)21/h3-14H,2H2,1H3. The Hall–Kier alpha value is -2.54. The summed E-state index contributed by atoms with van der Waals surface area (Å²) in [4.78, 5) is 0. The molecule has 1 unspecified atom stereocenters. The zero-order valence-electron chi connectivity index (χ0n) is 12.5. The average Bonchev–Trinajstić information content (AvgIpc) is 2.86.